The van der Waals surface area contributed by atoms with Gasteiger partial charge in [0.15, 0.2) is 0 Å². The van der Waals surface area contributed by atoms with Gasteiger partial charge in [0.05, 0.1) is 12.1 Å². The van der Waals surface area contributed by atoms with Crippen LogP contribution in [-0.2, 0) is 0 Å². The molecular formula is C14H20N2. The summed E-state index contributed by atoms with van der Waals surface area (Å²) in [6.07, 6.45) is 12.4. The van der Waals surface area contributed by atoms with E-state index in [2.05, 4.69) is 42.0 Å². The minimum Gasteiger partial charge on any atom is -0.186 e. The van der Waals surface area contributed by atoms with Crippen LogP contribution >= 0.6 is 0 Å². The maximum absolute atomic E-state index is 4.36. The van der Waals surface area contributed by atoms with Crippen molar-refractivity contribution in [3.05, 3.63) is 36.0 Å². The van der Waals surface area contributed by atoms with E-state index in [-0.39, 0.29) is 6.04 Å². The highest BCUT2D eigenvalue weighted by Gasteiger charge is 2.22. The highest BCUT2D eigenvalue weighted by molar-refractivity contribution is 5.35. The second kappa shape index (κ2) is 5.24. The first kappa shape index (κ1) is 11.3. The molecule has 0 fully saturated rings. The monoisotopic (exact) mass is 216 g/mol. The lowest BCUT2D eigenvalue weighted by molar-refractivity contribution is 0.525. The third-order valence-corrected chi connectivity index (χ3v) is 3.21. The van der Waals surface area contributed by atoms with Crippen molar-refractivity contribution >= 4 is 0 Å². The summed E-state index contributed by atoms with van der Waals surface area (Å²) in [6, 6.07) is 0.611. The number of fused-ring (bicyclic) bond motifs is 2. The summed E-state index contributed by atoms with van der Waals surface area (Å²) in [4.78, 5) is 0. The van der Waals surface area contributed by atoms with Crippen molar-refractivity contribution < 1.29 is 0 Å². The van der Waals surface area contributed by atoms with Gasteiger partial charge < -0.3 is 0 Å². The number of allylic oxidation sites excluding steroid dienone is 2. The second-order valence-corrected chi connectivity index (χ2v) is 4.66. The number of azo groups is 1. The molecule has 2 bridgehead atoms. The Bertz CT molecular complexity index is 350. The molecule has 0 aromatic heterocycles. The number of unbranched alkanes of at least 4 members (excludes halogenated alkanes) is 1. The van der Waals surface area contributed by atoms with Crippen LogP contribution in [0.4, 0.5) is 0 Å². The lowest BCUT2D eigenvalue weighted by Crippen LogP contribution is -2.12. The van der Waals surface area contributed by atoms with Crippen molar-refractivity contribution in [2.45, 2.75) is 51.1 Å². The molecule has 0 spiro atoms. The molecule has 0 unspecified atom stereocenters. The number of rotatable bonds is 4. The van der Waals surface area contributed by atoms with E-state index < -0.39 is 0 Å². The largest absolute Gasteiger partial charge is 0.186 e. The van der Waals surface area contributed by atoms with Crippen LogP contribution in [0.1, 0.15) is 39.0 Å². The van der Waals surface area contributed by atoms with Crippen LogP contribution in [0.25, 0.3) is 0 Å². The maximum Gasteiger partial charge on any atom is 0.0958 e. The smallest absolute Gasteiger partial charge is 0.0958 e. The van der Waals surface area contributed by atoms with E-state index in [0.29, 0.717) is 6.04 Å². The van der Waals surface area contributed by atoms with E-state index in [1.165, 1.54) is 24.0 Å². The third kappa shape index (κ3) is 2.69. The van der Waals surface area contributed by atoms with Crippen molar-refractivity contribution in [3.8, 4) is 0 Å². The Morgan fingerprint density at radius 2 is 2.38 bits per heavy atom. The normalized spacial score (nSPS) is 29.7. The van der Waals surface area contributed by atoms with Crippen LogP contribution in [0.15, 0.2) is 46.2 Å². The molecular weight excluding hydrogens is 196 g/mol. The molecule has 0 aromatic rings. The Morgan fingerprint density at radius 3 is 3.06 bits per heavy atom. The first-order valence-electron chi connectivity index (χ1n) is 6.27. The van der Waals surface area contributed by atoms with Crippen LogP contribution in [0.3, 0.4) is 0 Å². The summed E-state index contributed by atoms with van der Waals surface area (Å²) >= 11 is 0. The zero-order valence-electron chi connectivity index (χ0n) is 10.0. The lowest BCUT2D eigenvalue weighted by Gasteiger charge is -2.15. The van der Waals surface area contributed by atoms with Crippen molar-refractivity contribution in [2.24, 2.45) is 10.2 Å². The number of hydrogen-bond acceptors (Lipinski definition) is 2. The zero-order valence-corrected chi connectivity index (χ0v) is 10.0. The molecule has 0 radical (unpaired) electrons. The Balaban J connectivity index is 2.06. The van der Waals surface area contributed by atoms with Crippen molar-refractivity contribution in [1.82, 2.24) is 0 Å². The predicted molar refractivity (Wildman–Crippen MR) is 67.6 cm³/mol. The van der Waals surface area contributed by atoms with Gasteiger partial charge in [-0.15, -0.1) is 0 Å². The zero-order chi connectivity index (χ0) is 11.4. The number of hydrogen-bond donors (Lipinski definition) is 0. The first-order valence-corrected chi connectivity index (χ1v) is 6.27. The molecule has 86 valence electrons. The Kier molecular flexibility index (Phi) is 3.70. The molecule has 0 saturated heterocycles. The summed E-state index contributed by atoms with van der Waals surface area (Å²) in [7, 11) is 0. The fourth-order valence-electron chi connectivity index (χ4n) is 2.17. The highest BCUT2D eigenvalue weighted by atomic mass is 15.2. The summed E-state index contributed by atoms with van der Waals surface area (Å²) in [5.74, 6) is 0. The topological polar surface area (TPSA) is 24.7 Å². The minimum atomic E-state index is 0.286. The molecule has 2 aliphatic heterocycles. The lowest BCUT2D eigenvalue weighted by atomic mass is 10.00. The van der Waals surface area contributed by atoms with Crippen molar-refractivity contribution in [1.29, 1.82) is 0 Å². The maximum atomic E-state index is 4.36. The van der Waals surface area contributed by atoms with Crippen LogP contribution in [0.2, 0.25) is 0 Å². The van der Waals surface area contributed by atoms with E-state index in [0.717, 1.165) is 19.3 Å². The fraction of sp³-hybridized carbons (Fsp3) is 0.571. The van der Waals surface area contributed by atoms with Crippen LogP contribution in [0.5, 0.6) is 0 Å². The Labute approximate surface area is 97.8 Å². The molecule has 2 nitrogen and oxygen atoms in total. The first-order chi connectivity index (χ1) is 7.79. The van der Waals surface area contributed by atoms with Crippen LogP contribution < -0.4 is 0 Å². The van der Waals surface area contributed by atoms with Gasteiger partial charge in [0.1, 0.15) is 0 Å². The predicted octanol–water partition coefficient (Wildman–Crippen LogP) is 4.21. The SMILES string of the molecule is C=C(/C=C1/C=C[C@H]2CC[C@@H]1N=N2)CCCC. The molecule has 3 aliphatic rings. The van der Waals surface area contributed by atoms with Gasteiger partial charge in [-0.1, -0.05) is 43.7 Å². The van der Waals surface area contributed by atoms with Gasteiger partial charge in [-0.3, -0.25) is 0 Å². The summed E-state index contributed by atoms with van der Waals surface area (Å²) in [5, 5.41) is 8.64. The average Bonchev–Trinajstić information content (AvgIpc) is 2.61. The molecule has 16 heavy (non-hydrogen) atoms. The van der Waals surface area contributed by atoms with Crippen LogP contribution in [0, 0.1) is 0 Å². The Hall–Kier alpha value is -1.18. The van der Waals surface area contributed by atoms with E-state index in [1.807, 2.05) is 0 Å². The van der Waals surface area contributed by atoms with Gasteiger partial charge in [-0.25, -0.2) is 0 Å². The van der Waals surface area contributed by atoms with Gasteiger partial charge in [0.2, 0.25) is 0 Å². The summed E-state index contributed by atoms with van der Waals surface area (Å²) in [6.45, 7) is 6.33. The molecule has 0 saturated carbocycles. The molecule has 2 atom stereocenters. The van der Waals surface area contributed by atoms with E-state index >= 15 is 0 Å². The molecule has 3 rings (SSSR count). The number of nitrogens with zero attached hydrogens (tertiary/aromatic N) is 2. The van der Waals surface area contributed by atoms with Crippen molar-refractivity contribution in [2.75, 3.05) is 0 Å². The molecule has 0 amide bonds. The average molecular weight is 216 g/mol. The fourth-order valence-corrected chi connectivity index (χ4v) is 2.17. The van der Waals surface area contributed by atoms with E-state index in [4.69, 9.17) is 0 Å². The van der Waals surface area contributed by atoms with E-state index in [1.54, 1.807) is 0 Å². The van der Waals surface area contributed by atoms with Gasteiger partial charge in [-0.05, 0) is 31.3 Å². The molecule has 0 aromatic carbocycles. The van der Waals surface area contributed by atoms with Crippen molar-refractivity contribution in [3.63, 3.8) is 0 Å². The molecule has 2 heteroatoms. The van der Waals surface area contributed by atoms with Gasteiger partial charge in [0.25, 0.3) is 0 Å². The van der Waals surface area contributed by atoms with Gasteiger partial charge in [0, 0.05) is 0 Å². The standard InChI is InChI=1S/C14H20N2/c1-3-4-5-11(2)10-12-6-7-13-8-9-14(12)16-15-13/h6-7,10,13-14H,2-5,8-9H2,1H3/b12-10-/t13-,14-/m0/s1. The molecule has 2 heterocycles. The van der Waals surface area contributed by atoms with Gasteiger partial charge in [-0.2, -0.15) is 10.2 Å². The molecule has 1 aliphatic carbocycles. The quantitative estimate of drug-likeness (QED) is 0.672. The highest BCUT2D eigenvalue weighted by Crippen LogP contribution is 2.28. The third-order valence-electron chi connectivity index (χ3n) is 3.21. The van der Waals surface area contributed by atoms with Gasteiger partial charge >= 0.3 is 0 Å². The molecule has 0 N–H and O–H groups in total. The summed E-state index contributed by atoms with van der Waals surface area (Å²) in [5.41, 5.74) is 2.52. The Morgan fingerprint density at radius 1 is 1.50 bits per heavy atom. The van der Waals surface area contributed by atoms with E-state index in [9.17, 15) is 0 Å². The van der Waals surface area contributed by atoms with Crippen LogP contribution in [-0.4, -0.2) is 12.1 Å². The second-order valence-electron chi connectivity index (χ2n) is 4.66. The summed E-state index contributed by atoms with van der Waals surface area (Å²) < 4.78 is 0. The minimum absolute atomic E-state index is 0.286.